The minimum absolute atomic E-state index is 0.0412. The van der Waals surface area contributed by atoms with Crippen molar-refractivity contribution >= 4 is 5.78 Å². The van der Waals surface area contributed by atoms with E-state index in [0.717, 1.165) is 38.5 Å². The number of rotatable bonds is 3. The third-order valence-electron chi connectivity index (χ3n) is 4.94. The second-order valence-corrected chi connectivity index (χ2v) is 6.50. The van der Waals surface area contributed by atoms with Gasteiger partial charge in [-0.3, -0.25) is 4.79 Å². The molecule has 2 aliphatic rings. The Labute approximate surface area is 113 Å². The molecule has 2 N–H and O–H groups in total. The highest BCUT2D eigenvalue weighted by atomic mass is 19.1. The van der Waals surface area contributed by atoms with Crippen LogP contribution in [0.5, 0.6) is 0 Å². The van der Waals surface area contributed by atoms with Crippen LogP contribution in [0, 0.1) is 11.2 Å². The number of hydrogen-bond acceptors (Lipinski definition) is 2. The molecule has 0 spiro atoms. The number of Topliss-reactive ketones (excluding diaryl/α,β-unsaturated/α-hetero) is 1. The van der Waals surface area contributed by atoms with E-state index in [1.165, 1.54) is 12.1 Å². The zero-order chi connectivity index (χ0) is 13.5. The second-order valence-electron chi connectivity index (χ2n) is 6.50. The first-order chi connectivity index (χ1) is 9.00. The Balaban J connectivity index is 1.77. The smallest absolute Gasteiger partial charge is 0.163 e. The minimum atomic E-state index is -0.341. The van der Waals surface area contributed by atoms with E-state index >= 15 is 0 Å². The molecule has 0 heterocycles. The third kappa shape index (κ3) is 2.44. The average molecular weight is 261 g/mol. The number of hydrogen-bond donors (Lipinski definition) is 1. The van der Waals surface area contributed by atoms with E-state index in [2.05, 4.69) is 0 Å². The highest BCUT2D eigenvalue weighted by molar-refractivity contribution is 5.96. The number of carbonyl (C=O) groups is 1. The van der Waals surface area contributed by atoms with Crippen molar-refractivity contribution in [2.75, 3.05) is 0 Å². The second kappa shape index (κ2) is 4.41. The molecule has 19 heavy (non-hydrogen) atoms. The van der Waals surface area contributed by atoms with Gasteiger partial charge in [-0.25, -0.2) is 4.39 Å². The van der Waals surface area contributed by atoms with E-state index in [0.29, 0.717) is 12.0 Å². The molecule has 0 aliphatic heterocycles. The molecule has 1 aromatic carbocycles. The van der Waals surface area contributed by atoms with Crippen molar-refractivity contribution in [1.29, 1.82) is 0 Å². The predicted octanol–water partition coefficient (Wildman–Crippen LogP) is 3.45. The van der Waals surface area contributed by atoms with Crippen molar-refractivity contribution in [3.05, 3.63) is 35.6 Å². The summed E-state index contributed by atoms with van der Waals surface area (Å²) in [6, 6.07) is 6.01. The summed E-state index contributed by atoms with van der Waals surface area (Å²) in [7, 11) is 0. The summed E-state index contributed by atoms with van der Waals surface area (Å²) in [5.74, 6) is -0.280. The quantitative estimate of drug-likeness (QED) is 0.847. The number of halogens is 1. The molecule has 2 unspecified atom stereocenters. The number of nitrogens with two attached hydrogens (primary N) is 1. The molecule has 1 aromatic rings. The Bertz CT molecular complexity index is 515. The third-order valence-corrected chi connectivity index (χ3v) is 4.94. The first kappa shape index (κ1) is 12.8. The van der Waals surface area contributed by atoms with Gasteiger partial charge in [0.05, 0.1) is 0 Å². The van der Waals surface area contributed by atoms with Gasteiger partial charge in [0.1, 0.15) is 5.82 Å². The van der Waals surface area contributed by atoms with Crippen molar-refractivity contribution < 1.29 is 9.18 Å². The van der Waals surface area contributed by atoms with E-state index in [-0.39, 0.29) is 22.6 Å². The van der Waals surface area contributed by atoms with Gasteiger partial charge < -0.3 is 5.73 Å². The summed E-state index contributed by atoms with van der Waals surface area (Å²) in [5, 5.41) is 0. The molecule has 3 heteroatoms. The fourth-order valence-corrected chi connectivity index (χ4v) is 4.02. The lowest BCUT2D eigenvalue weighted by atomic mass is 9.70. The molecule has 102 valence electrons. The molecule has 0 aromatic heterocycles. The van der Waals surface area contributed by atoms with Crippen molar-refractivity contribution in [3.63, 3.8) is 0 Å². The van der Waals surface area contributed by atoms with Gasteiger partial charge in [-0.1, -0.05) is 18.6 Å². The summed E-state index contributed by atoms with van der Waals surface area (Å²) < 4.78 is 13.2. The fraction of sp³-hybridized carbons (Fsp3) is 0.562. The molecule has 2 fully saturated rings. The highest BCUT2D eigenvalue weighted by Crippen LogP contribution is 2.54. The number of fused-ring (bicyclic) bond motifs is 2. The maximum atomic E-state index is 13.2. The molecule has 2 nitrogen and oxygen atoms in total. The summed E-state index contributed by atoms with van der Waals surface area (Å²) in [6.07, 6.45) is 6.85. The van der Waals surface area contributed by atoms with Crippen molar-refractivity contribution in [2.45, 2.75) is 50.5 Å². The molecule has 2 bridgehead atoms. The average Bonchev–Trinajstić information content (AvgIpc) is 2.59. The molecule has 3 rings (SSSR count). The fourth-order valence-electron chi connectivity index (χ4n) is 4.02. The van der Waals surface area contributed by atoms with Crippen LogP contribution in [-0.2, 0) is 0 Å². The zero-order valence-electron chi connectivity index (χ0n) is 11.1. The van der Waals surface area contributed by atoms with Gasteiger partial charge in [0.25, 0.3) is 0 Å². The first-order valence-corrected chi connectivity index (χ1v) is 7.08. The van der Waals surface area contributed by atoms with Crippen LogP contribution in [-0.4, -0.2) is 11.3 Å². The normalized spacial score (nSPS) is 33.4. The SMILES string of the molecule is NC12CCCC(CC(=O)c3cccc(F)c3)(CC1)C2. The highest BCUT2D eigenvalue weighted by Gasteiger charge is 2.49. The van der Waals surface area contributed by atoms with Crippen LogP contribution < -0.4 is 5.73 Å². The van der Waals surface area contributed by atoms with E-state index < -0.39 is 0 Å². The predicted molar refractivity (Wildman–Crippen MR) is 72.4 cm³/mol. The monoisotopic (exact) mass is 261 g/mol. The van der Waals surface area contributed by atoms with E-state index in [9.17, 15) is 9.18 Å². The number of carbonyl (C=O) groups excluding carboxylic acids is 1. The summed E-state index contributed by atoms with van der Waals surface area (Å²) in [4.78, 5) is 12.3. The Morgan fingerprint density at radius 3 is 2.89 bits per heavy atom. The molecule has 0 saturated heterocycles. The molecular formula is C16H20FNO. The summed E-state index contributed by atoms with van der Waals surface area (Å²) in [6.45, 7) is 0. The van der Waals surface area contributed by atoms with Crippen LogP contribution in [0.3, 0.4) is 0 Å². The van der Waals surface area contributed by atoms with E-state index in [4.69, 9.17) is 5.73 Å². The first-order valence-electron chi connectivity index (χ1n) is 7.08. The largest absolute Gasteiger partial charge is 0.325 e. The van der Waals surface area contributed by atoms with E-state index in [1.54, 1.807) is 12.1 Å². The Kier molecular flexibility index (Phi) is 2.97. The van der Waals surface area contributed by atoms with Gasteiger partial charge in [0.15, 0.2) is 5.78 Å². The standard InChI is InChI=1S/C16H20FNO/c17-13-4-1-3-12(9-13)14(19)10-15-5-2-6-16(18,11-15)8-7-15/h1,3-4,9H,2,5-8,10-11,18H2. The van der Waals surface area contributed by atoms with Crippen LogP contribution in [0.1, 0.15) is 55.3 Å². The molecule has 0 radical (unpaired) electrons. The molecular weight excluding hydrogens is 241 g/mol. The lowest BCUT2D eigenvalue weighted by molar-refractivity contribution is 0.0871. The van der Waals surface area contributed by atoms with Crippen molar-refractivity contribution in [1.82, 2.24) is 0 Å². The Morgan fingerprint density at radius 1 is 1.26 bits per heavy atom. The van der Waals surface area contributed by atoms with E-state index in [1.807, 2.05) is 0 Å². The maximum absolute atomic E-state index is 13.2. The molecule has 2 atom stereocenters. The summed E-state index contributed by atoms with van der Waals surface area (Å²) >= 11 is 0. The molecule has 0 amide bonds. The van der Waals surface area contributed by atoms with Crippen molar-refractivity contribution in [2.24, 2.45) is 11.1 Å². The summed E-state index contributed by atoms with van der Waals surface area (Å²) in [5.41, 5.74) is 6.89. The maximum Gasteiger partial charge on any atom is 0.163 e. The van der Waals surface area contributed by atoms with Crippen LogP contribution in [0.25, 0.3) is 0 Å². The number of ketones is 1. The Morgan fingerprint density at radius 2 is 2.11 bits per heavy atom. The van der Waals surface area contributed by atoms with Gasteiger partial charge in [0, 0.05) is 17.5 Å². The lowest BCUT2D eigenvalue weighted by Gasteiger charge is -2.37. The van der Waals surface area contributed by atoms with Gasteiger partial charge >= 0.3 is 0 Å². The van der Waals surface area contributed by atoms with Crippen LogP contribution >= 0.6 is 0 Å². The van der Waals surface area contributed by atoms with Crippen LogP contribution in [0.2, 0.25) is 0 Å². The van der Waals surface area contributed by atoms with Crippen LogP contribution in [0.15, 0.2) is 24.3 Å². The number of benzene rings is 1. The minimum Gasteiger partial charge on any atom is -0.325 e. The van der Waals surface area contributed by atoms with Crippen LogP contribution in [0.4, 0.5) is 4.39 Å². The zero-order valence-corrected chi connectivity index (χ0v) is 11.1. The molecule has 2 saturated carbocycles. The van der Waals surface area contributed by atoms with Gasteiger partial charge in [-0.2, -0.15) is 0 Å². The van der Waals surface area contributed by atoms with Gasteiger partial charge in [-0.05, 0) is 49.7 Å². The van der Waals surface area contributed by atoms with Gasteiger partial charge in [0.2, 0.25) is 0 Å². The molecule has 2 aliphatic carbocycles. The Hall–Kier alpha value is -1.22. The lowest BCUT2D eigenvalue weighted by Crippen LogP contribution is -2.41. The van der Waals surface area contributed by atoms with Crippen molar-refractivity contribution in [3.8, 4) is 0 Å². The topological polar surface area (TPSA) is 43.1 Å². The van der Waals surface area contributed by atoms with Gasteiger partial charge in [-0.15, -0.1) is 0 Å².